The van der Waals surface area contributed by atoms with E-state index in [0.717, 1.165) is 30.2 Å². The minimum Gasteiger partial charge on any atom is -0.454 e. The van der Waals surface area contributed by atoms with E-state index >= 15 is 0 Å². The molecule has 0 bridgehead atoms. The predicted octanol–water partition coefficient (Wildman–Crippen LogP) is 1.57. The van der Waals surface area contributed by atoms with E-state index in [2.05, 4.69) is 14.9 Å². The van der Waals surface area contributed by atoms with Crippen molar-refractivity contribution in [2.45, 2.75) is 0 Å². The molecular formula is C18H18N4O3. The fourth-order valence-electron chi connectivity index (χ4n) is 2.90. The zero-order chi connectivity index (χ0) is 17.1. The first-order valence-electron chi connectivity index (χ1n) is 8.17. The van der Waals surface area contributed by atoms with E-state index in [0.29, 0.717) is 18.8 Å². The number of carbonyl (C=O) groups is 1. The summed E-state index contributed by atoms with van der Waals surface area (Å²) in [6, 6.07) is 5.63. The summed E-state index contributed by atoms with van der Waals surface area (Å²) >= 11 is 0. The smallest absolute Gasteiger partial charge is 0.246 e. The van der Waals surface area contributed by atoms with Crippen LogP contribution in [0.2, 0.25) is 0 Å². The van der Waals surface area contributed by atoms with E-state index in [-0.39, 0.29) is 12.7 Å². The van der Waals surface area contributed by atoms with Crippen LogP contribution in [0.1, 0.15) is 5.56 Å². The molecule has 1 aromatic carbocycles. The zero-order valence-electron chi connectivity index (χ0n) is 13.7. The standard InChI is InChI=1S/C18H18N4O3/c23-18(4-2-14-1-3-15-16(11-14)25-13-24-15)22-9-7-21(8-10-22)17-12-19-5-6-20-17/h1-6,11-12H,7-10,13H2/b4-2+. The van der Waals surface area contributed by atoms with Crippen molar-refractivity contribution in [3.63, 3.8) is 0 Å². The fraction of sp³-hybridized carbons (Fsp3) is 0.278. The number of anilines is 1. The summed E-state index contributed by atoms with van der Waals surface area (Å²) in [6.45, 7) is 3.09. The number of amides is 1. The van der Waals surface area contributed by atoms with Crippen molar-refractivity contribution in [1.29, 1.82) is 0 Å². The van der Waals surface area contributed by atoms with Crippen LogP contribution in [-0.2, 0) is 4.79 Å². The number of aromatic nitrogens is 2. The summed E-state index contributed by atoms with van der Waals surface area (Å²) in [5.41, 5.74) is 0.913. The van der Waals surface area contributed by atoms with Crippen LogP contribution in [0.5, 0.6) is 11.5 Å². The minimum absolute atomic E-state index is 0.0106. The van der Waals surface area contributed by atoms with E-state index in [4.69, 9.17) is 9.47 Å². The van der Waals surface area contributed by atoms with Crippen molar-refractivity contribution < 1.29 is 14.3 Å². The third-order valence-electron chi connectivity index (χ3n) is 4.28. The van der Waals surface area contributed by atoms with Crippen LogP contribution >= 0.6 is 0 Å². The summed E-state index contributed by atoms with van der Waals surface area (Å²) in [7, 11) is 0. The predicted molar refractivity (Wildman–Crippen MR) is 92.4 cm³/mol. The molecular weight excluding hydrogens is 320 g/mol. The molecule has 0 aliphatic carbocycles. The first-order valence-corrected chi connectivity index (χ1v) is 8.17. The van der Waals surface area contributed by atoms with E-state index < -0.39 is 0 Å². The van der Waals surface area contributed by atoms with Crippen molar-refractivity contribution >= 4 is 17.8 Å². The van der Waals surface area contributed by atoms with Gasteiger partial charge in [0.05, 0.1) is 6.20 Å². The van der Waals surface area contributed by atoms with Gasteiger partial charge in [-0.3, -0.25) is 9.78 Å². The van der Waals surface area contributed by atoms with Crippen molar-refractivity contribution in [3.05, 3.63) is 48.4 Å². The third-order valence-corrected chi connectivity index (χ3v) is 4.28. The molecule has 0 atom stereocenters. The van der Waals surface area contributed by atoms with Gasteiger partial charge in [-0.05, 0) is 23.8 Å². The lowest BCUT2D eigenvalue weighted by Gasteiger charge is -2.34. The lowest BCUT2D eigenvalue weighted by molar-refractivity contribution is -0.126. The summed E-state index contributed by atoms with van der Waals surface area (Å²) < 4.78 is 10.6. The Kier molecular flexibility index (Phi) is 4.20. The topological polar surface area (TPSA) is 67.8 Å². The Morgan fingerprint density at radius 3 is 2.72 bits per heavy atom. The summed E-state index contributed by atoms with van der Waals surface area (Å²) in [5.74, 6) is 2.32. The van der Waals surface area contributed by atoms with E-state index in [1.165, 1.54) is 0 Å². The largest absolute Gasteiger partial charge is 0.454 e. The molecule has 0 saturated carbocycles. The van der Waals surface area contributed by atoms with E-state index in [1.54, 1.807) is 30.7 Å². The molecule has 128 valence electrons. The summed E-state index contributed by atoms with van der Waals surface area (Å²) in [4.78, 5) is 24.8. The second-order valence-electron chi connectivity index (χ2n) is 5.82. The molecule has 0 unspecified atom stereocenters. The molecule has 1 fully saturated rings. The highest BCUT2D eigenvalue weighted by molar-refractivity contribution is 5.92. The SMILES string of the molecule is O=C(/C=C/c1ccc2c(c1)OCO2)N1CCN(c2cnccn2)CC1. The summed E-state index contributed by atoms with van der Waals surface area (Å²) in [6.07, 6.45) is 8.50. The molecule has 1 saturated heterocycles. The van der Waals surface area contributed by atoms with Crippen LogP contribution in [0.15, 0.2) is 42.9 Å². The number of piperazine rings is 1. The Labute approximate surface area is 145 Å². The number of hydrogen-bond acceptors (Lipinski definition) is 6. The van der Waals surface area contributed by atoms with Gasteiger partial charge in [-0.2, -0.15) is 0 Å². The quantitative estimate of drug-likeness (QED) is 0.792. The molecule has 7 heteroatoms. The van der Waals surface area contributed by atoms with Gasteiger partial charge in [-0.25, -0.2) is 4.98 Å². The highest BCUT2D eigenvalue weighted by atomic mass is 16.7. The average Bonchev–Trinajstić information content (AvgIpc) is 3.15. The lowest BCUT2D eigenvalue weighted by Crippen LogP contribution is -2.48. The van der Waals surface area contributed by atoms with Crippen LogP contribution < -0.4 is 14.4 Å². The highest BCUT2D eigenvalue weighted by Gasteiger charge is 2.20. The first kappa shape index (κ1) is 15.4. The van der Waals surface area contributed by atoms with Gasteiger partial charge in [0.1, 0.15) is 5.82 Å². The molecule has 0 spiro atoms. The number of hydrogen-bond donors (Lipinski definition) is 0. The second-order valence-corrected chi connectivity index (χ2v) is 5.82. The van der Waals surface area contributed by atoms with Crippen LogP contribution in [0, 0.1) is 0 Å². The highest BCUT2D eigenvalue weighted by Crippen LogP contribution is 2.32. The van der Waals surface area contributed by atoms with Gasteiger partial charge >= 0.3 is 0 Å². The van der Waals surface area contributed by atoms with Gasteiger partial charge in [0.2, 0.25) is 12.7 Å². The van der Waals surface area contributed by atoms with Gasteiger partial charge < -0.3 is 19.3 Å². The second kappa shape index (κ2) is 6.80. The van der Waals surface area contributed by atoms with Gasteiger partial charge in [0.15, 0.2) is 11.5 Å². The van der Waals surface area contributed by atoms with E-state index in [1.807, 2.05) is 23.1 Å². The first-order chi connectivity index (χ1) is 12.3. The maximum atomic E-state index is 12.4. The molecule has 25 heavy (non-hydrogen) atoms. The average molecular weight is 338 g/mol. The minimum atomic E-state index is 0.0106. The van der Waals surface area contributed by atoms with E-state index in [9.17, 15) is 4.79 Å². The number of carbonyl (C=O) groups excluding carboxylic acids is 1. The molecule has 3 heterocycles. The van der Waals surface area contributed by atoms with Gasteiger partial charge in [0, 0.05) is 44.6 Å². The van der Waals surface area contributed by atoms with Crippen LogP contribution in [0.3, 0.4) is 0 Å². The van der Waals surface area contributed by atoms with Crippen LogP contribution in [-0.4, -0.2) is 53.7 Å². The van der Waals surface area contributed by atoms with Gasteiger partial charge in [-0.15, -0.1) is 0 Å². The third kappa shape index (κ3) is 3.40. The number of benzene rings is 1. The van der Waals surface area contributed by atoms with Gasteiger partial charge in [0.25, 0.3) is 0 Å². The molecule has 2 aliphatic rings. The Balaban J connectivity index is 1.34. The number of fused-ring (bicyclic) bond motifs is 1. The maximum Gasteiger partial charge on any atom is 0.246 e. The Bertz CT molecular complexity index is 786. The number of nitrogens with zero attached hydrogens (tertiary/aromatic N) is 4. The molecule has 1 aromatic heterocycles. The van der Waals surface area contributed by atoms with Crippen molar-refractivity contribution in [1.82, 2.24) is 14.9 Å². The Morgan fingerprint density at radius 2 is 1.92 bits per heavy atom. The molecule has 0 N–H and O–H groups in total. The molecule has 0 radical (unpaired) electrons. The fourth-order valence-corrected chi connectivity index (χ4v) is 2.90. The zero-order valence-corrected chi connectivity index (χ0v) is 13.7. The summed E-state index contributed by atoms with van der Waals surface area (Å²) in [5, 5.41) is 0. The normalized spacial score (nSPS) is 16.5. The van der Waals surface area contributed by atoms with Crippen molar-refractivity contribution in [2.75, 3.05) is 37.9 Å². The van der Waals surface area contributed by atoms with Crippen molar-refractivity contribution in [3.8, 4) is 11.5 Å². The molecule has 7 nitrogen and oxygen atoms in total. The van der Waals surface area contributed by atoms with Crippen LogP contribution in [0.4, 0.5) is 5.82 Å². The monoisotopic (exact) mass is 338 g/mol. The Hall–Kier alpha value is -3.09. The van der Waals surface area contributed by atoms with Gasteiger partial charge in [-0.1, -0.05) is 6.07 Å². The molecule has 2 aliphatic heterocycles. The molecule has 2 aromatic rings. The maximum absolute atomic E-state index is 12.4. The Morgan fingerprint density at radius 1 is 1.08 bits per heavy atom. The molecule has 1 amide bonds. The lowest BCUT2D eigenvalue weighted by atomic mass is 10.2. The van der Waals surface area contributed by atoms with Crippen molar-refractivity contribution in [2.24, 2.45) is 0 Å². The number of rotatable bonds is 3. The molecule has 4 rings (SSSR count). The van der Waals surface area contributed by atoms with Crippen LogP contribution in [0.25, 0.3) is 6.08 Å². The number of ether oxygens (including phenoxy) is 2.